The van der Waals surface area contributed by atoms with Crippen molar-refractivity contribution in [3.05, 3.63) is 28.8 Å². The predicted molar refractivity (Wildman–Crippen MR) is 73.7 cm³/mol. The Morgan fingerprint density at radius 2 is 2.16 bits per heavy atom. The molecule has 0 saturated carbocycles. The SMILES string of the molecule is Cc1ccc(NC(=O)CS(=O)(=O)CCC#N)cc1Cl. The number of rotatable bonds is 5. The largest absolute Gasteiger partial charge is 0.325 e. The summed E-state index contributed by atoms with van der Waals surface area (Å²) in [4.78, 5) is 11.6. The van der Waals surface area contributed by atoms with Gasteiger partial charge in [-0.1, -0.05) is 17.7 Å². The van der Waals surface area contributed by atoms with Crippen LogP contribution in [0.25, 0.3) is 0 Å². The van der Waals surface area contributed by atoms with Crippen molar-refractivity contribution in [3.63, 3.8) is 0 Å². The number of nitrogens with one attached hydrogen (secondary N) is 1. The third kappa shape index (κ3) is 5.28. The van der Waals surface area contributed by atoms with Crippen LogP contribution in [0.4, 0.5) is 5.69 Å². The van der Waals surface area contributed by atoms with Crippen LogP contribution in [0.1, 0.15) is 12.0 Å². The first-order chi connectivity index (χ1) is 8.84. The summed E-state index contributed by atoms with van der Waals surface area (Å²) in [6, 6.07) is 6.65. The molecule has 0 radical (unpaired) electrons. The van der Waals surface area contributed by atoms with E-state index >= 15 is 0 Å². The Kier molecular flexibility index (Phi) is 5.33. The number of hydrogen-bond donors (Lipinski definition) is 1. The zero-order valence-corrected chi connectivity index (χ0v) is 11.9. The smallest absolute Gasteiger partial charge is 0.239 e. The van der Waals surface area contributed by atoms with Crippen LogP contribution in [-0.4, -0.2) is 25.8 Å². The Bertz CT molecular complexity index is 620. The number of carbonyl (C=O) groups is 1. The normalized spacial score (nSPS) is 10.8. The van der Waals surface area contributed by atoms with Crippen molar-refractivity contribution in [2.45, 2.75) is 13.3 Å². The maximum absolute atomic E-state index is 11.6. The number of carbonyl (C=O) groups excluding carboxylic acids is 1. The fourth-order valence-corrected chi connectivity index (χ4v) is 2.54. The molecule has 0 aliphatic carbocycles. The molecule has 1 aromatic rings. The number of hydrogen-bond acceptors (Lipinski definition) is 4. The summed E-state index contributed by atoms with van der Waals surface area (Å²) in [6.45, 7) is 1.82. The number of sulfone groups is 1. The molecule has 0 bridgehead atoms. The number of nitrogens with zero attached hydrogens (tertiary/aromatic N) is 1. The van der Waals surface area contributed by atoms with E-state index in [1.165, 1.54) is 0 Å². The summed E-state index contributed by atoms with van der Waals surface area (Å²) in [5.41, 5.74) is 1.30. The molecule has 0 aliphatic heterocycles. The Labute approximate surface area is 117 Å². The van der Waals surface area contributed by atoms with E-state index in [1.54, 1.807) is 24.3 Å². The Morgan fingerprint density at radius 3 is 2.74 bits per heavy atom. The summed E-state index contributed by atoms with van der Waals surface area (Å²) >= 11 is 5.89. The lowest BCUT2D eigenvalue weighted by Crippen LogP contribution is -2.24. The van der Waals surface area contributed by atoms with Crippen LogP contribution in [0.2, 0.25) is 5.02 Å². The number of nitriles is 1. The van der Waals surface area contributed by atoms with Crippen LogP contribution >= 0.6 is 11.6 Å². The van der Waals surface area contributed by atoms with Crippen molar-refractivity contribution >= 4 is 33.0 Å². The minimum Gasteiger partial charge on any atom is -0.325 e. The van der Waals surface area contributed by atoms with Gasteiger partial charge in [0, 0.05) is 17.1 Å². The van der Waals surface area contributed by atoms with Crippen LogP contribution in [0.3, 0.4) is 0 Å². The lowest BCUT2D eigenvalue weighted by Gasteiger charge is -2.07. The quantitative estimate of drug-likeness (QED) is 0.900. The lowest BCUT2D eigenvalue weighted by molar-refractivity contribution is -0.113. The van der Waals surface area contributed by atoms with Gasteiger partial charge in [-0.15, -0.1) is 0 Å². The van der Waals surface area contributed by atoms with Crippen LogP contribution in [0.5, 0.6) is 0 Å². The van der Waals surface area contributed by atoms with Gasteiger partial charge in [-0.2, -0.15) is 5.26 Å². The van der Waals surface area contributed by atoms with Gasteiger partial charge in [0.2, 0.25) is 5.91 Å². The molecule has 0 fully saturated rings. The summed E-state index contributed by atoms with van der Waals surface area (Å²) < 4.78 is 22.9. The number of halogens is 1. The van der Waals surface area contributed by atoms with Gasteiger partial charge in [0.25, 0.3) is 0 Å². The van der Waals surface area contributed by atoms with E-state index in [1.807, 2.05) is 6.92 Å². The summed E-state index contributed by atoms with van der Waals surface area (Å²) in [5, 5.41) is 11.3. The van der Waals surface area contributed by atoms with Crippen molar-refractivity contribution in [1.29, 1.82) is 5.26 Å². The molecule has 19 heavy (non-hydrogen) atoms. The molecule has 102 valence electrons. The fourth-order valence-electron chi connectivity index (χ4n) is 1.34. The standard InChI is InChI=1S/C12H13ClN2O3S/c1-9-3-4-10(7-11(9)13)15-12(16)8-19(17,18)6-2-5-14/h3-4,7H,2,6,8H2,1H3,(H,15,16). The van der Waals surface area contributed by atoms with Crippen molar-refractivity contribution in [1.82, 2.24) is 0 Å². The highest BCUT2D eigenvalue weighted by Crippen LogP contribution is 2.19. The van der Waals surface area contributed by atoms with Gasteiger partial charge >= 0.3 is 0 Å². The van der Waals surface area contributed by atoms with Crippen LogP contribution in [0, 0.1) is 18.3 Å². The Hall–Kier alpha value is -1.58. The fraction of sp³-hybridized carbons (Fsp3) is 0.333. The molecule has 0 heterocycles. The van der Waals surface area contributed by atoms with Gasteiger partial charge in [0.05, 0.1) is 11.8 Å². The van der Waals surface area contributed by atoms with Gasteiger partial charge in [-0.05, 0) is 24.6 Å². The molecule has 1 aromatic carbocycles. The van der Waals surface area contributed by atoms with Gasteiger partial charge in [-0.3, -0.25) is 4.79 Å². The number of anilines is 1. The molecule has 0 unspecified atom stereocenters. The highest BCUT2D eigenvalue weighted by molar-refractivity contribution is 7.92. The first kappa shape index (κ1) is 15.5. The van der Waals surface area contributed by atoms with Crippen LogP contribution < -0.4 is 5.32 Å². The second-order valence-electron chi connectivity index (χ2n) is 4.01. The average molecular weight is 301 g/mol. The van der Waals surface area contributed by atoms with Crippen LogP contribution in [-0.2, 0) is 14.6 Å². The molecule has 0 aromatic heterocycles. The van der Waals surface area contributed by atoms with Crippen molar-refractivity contribution < 1.29 is 13.2 Å². The van der Waals surface area contributed by atoms with Gasteiger partial charge < -0.3 is 5.32 Å². The van der Waals surface area contributed by atoms with E-state index < -0.39 is 21.5 Å². The van der Waals surface area contributed by atoms with Crippen LogP contribution in [0.15, 0.2) is 18.2 Å². The van der Waals surface area contributed by atoms with E-state index in [4.69, 9.17) is 16.9 Å². The predicted octanol–water partition coefficient (Wildman–Crippen LogP) is 1.92. The molecular weight excluding hydrogens is 288 g/mol. The Balaban J connectivity index is 2.65. The molecule has 1 amide bonds. The zero-order chi connectivity index (χ0) is 14.5. The first-order valence-corrected chi connectivity index (χ1v) is 7.67. The van der Waals surface area contributed by atoms with E-state index in [-0.39, 0.29) is 12.2 Å². The molecule has 0 aliphatic rings. The minimum absolute atomic E-state index is 0.119. The third-order valence-electron chi connectivity index (χ3n) is 2.33. The van der Waals surface area contributed by atoms with Gasteiger partial charge in [0.1, 0.15) is 5.75 Å². The van der Waals surface area contributed by atoms with E-state index in [2.05, 4.69) is 5.32 Å². The second kappa shape index (κ2) is 6.55. The number of aryl methyl sites for hydroxylation is 1. The zero-order valence-electron chi connectivity index (χ0n) is 10.3. The molecule has 1 N–H and O–H groups in total. The molecule has 7 heteroatoms. The molecule has 0 saturated heterocycles. The second-order valence-corrected chi connectivity index (χ2v) is 6.60. The van der Waals surface area contributed by atoms with E-state index in [0.29, 0.717) is 10.7 Å². The monoisotopic (exact) mass is 300 g/mol. The minimum atomic E-state index is -3.55. The van der Waals surface area contributed by atoms with Gasteiger partial charge in [-0.25, -0.2) is 8.42 Å². The van der Waals surface area contributed by atoms with Crippen molar-refractivity contribution in [2.24, 2.45) is 0 Å². The summed E-state index contributed by atoms with van der Waals surface area (Å²) in [6.07, 6.45) is -0.119. The average Bonchev–Trinajstić information content (AvgIpc) is 2.30. The highest BCUT2D eigenvalue weighted by atomic mass is 35.5. The lowest BCUT2D eigenvalue weighted by atomic mass is 10.2. The van der Waals surface area contributed by atoms with Crippen molar-refractivity contribution in [3.8, 4) is 6.07 Å². The number of benzene rings is 1. The van der Waals surface area contributed by atoms with E-state index in [0.717, 1.165) is 5.56 Å². The van der Waals surface area contributed by atoms with E-state index in [9.17, 15) is 13.2 Å². The summed E-state index contributed by atoms with van der Waals surface area (Å²) in [5.74, 6) is -1.59. The molecule has 1 rings (SSSR count). The molecule has 5 nitrogen and oxygen atoms in total. The Morgan fingerprint density at radius 1 is 1.47 bits per heavy atom. The maximum Gasteiger partial charge on any atom is 0.239 e. The summed E-state index contributed by atoms with van der Waals surface area (Å²) in [7, 11) is -3.55. The molecule has 0 spiro atoms. The van der Waals surface area contributed by atoms with Crippen molar-refractivity contribution in [2.75, 3.05) is 16.8 Å². The maximum atomic E-state index is 11.6. The molecular formula is C12H13ClN2O3S. The van der Waals surface area contributed by atoms with Gasteiger partial charge in [0.15, 0.2) is 9.84 Å². The molecule has 0 atom stereocenters. The highest BCUT2D eigenvalue weighted by Gasteiger charge is 2.16. The first-order valence-electron chi connectivity index (χ1n) is 5.47. The number of amides is 1. The third-order valence-corrected chi connectivity index (χ3v) is 4.27. The topological polar surface area (TPSA) is 87.0 Å².